The molecule has 0 atom stereocenters. The summed E-state index contributed by atoms with van der Waals surface area (Å²) in [6.45, 7) is 0.393. The summed E-state index contributed by atoms with van der Waals surface area (Å²) in [5.74, 6) is 0.589. The number of para-hydroxylation sites is 1. The fourth-order valence-electron chi connectivity index (χ4n) is 2.47. The van der Waals surface area contributed by atoms with Crippen molar-refractivity contribution in [2.45, 2.75) is 13.2 Å². The van der Waals surface area contributed by atoms with E-state index in [-0.39, 0.29) is 12.5 Å². The van der Waals surface area contributed by atoms with Gasteiger partial charge in [-0.2, -0.15) is 0 Å². The minimum absolute atomic E-state index is 0.308. The van der Waals surface area contributed by atoms with Gasteiger partial charge in [-0.3, -0.25) is 4.79 Å². The maximum atomic E-state index is 12.1. The highest BCUT2D eigenvalue weighted by molar-refractivity contribution is 5.91. The van der Waals surface area contributed by atoms with Crippen molar-refractivity contribution in [2.75, 3.05) is 13.7 Å². The molecule has 3 rings (SSSR count). The first kappa shape index (κ1) is 19.2. The number of hydrogen-bond donors (Lipinski definition) is 0. The second kappa shape index (κ2) is 9.41. The van der Waals surface area contributed by atoms with Crippen LogP contribution in [0.1, 0.15) is 21.7 Å². The quantitative estimate of drug-likeness (QED) is 0.559. The SMILES string of the molecule is CN(Cc1ccco1)C(=O)COC(=O)c1ccc(COc2ccccc2)cc1. The predicted octanol–water partition coefficient (Wildman–Crippen LogP) is 3.67. The van der Waals surface area contributed by atoms with Gasteiger partial charge in [0.2, 0.25) is 0 Å². The first-order chi connectivity index (χ1) is 13.6. The smallest absolute Gasteiger partial charge is 0.338 e. The summed E-state index contributed by atoms with van der Waals surface area (Å²) in [5.41, 5.74) is 1.31. The number of carbonyl (C=O) groups is 2. The summed E-state index contributed by atoms with van der Waals surface area (Å²) in [4.78, 5) is 25.6. The van der Waals surface area contributed by atoms with E-state index in [2.05, 4.69) is 0 Å². The van der Waals surface area contributed by atoms with Gasteiger partial charge in [-0.05, 0) is 42.0 Å². The summed E-state index contributed by atoms with van der Waals surface area (Å²) in [6.07, 6.45) is 1.54. The Bertz CT molecular complexity index is 888. The van der Waals surface area contributed by atoms with Gasteiger partial charge in [0.1, 0.15) is 18.1 Å². The molecular weight excluding hydrogens is 358 g/mol. The molecule has 144 valence electrons. The zero-order valence-corrected chi connectivity index (χ0v) is 15.5. The van der Waals surface area contributed by atoms with Crippen LogP contribution in [0.2, 0.25) is 0 Å². The Morgan fingerprint density at radius 3 is 2.39 bits per heavy atom. The van der Waals surface area contributed by atoms with Gasteiger partial charge >= 0.3 is 5.97 Å². The summed E-state index contributed by atoms with van der Waals surface area (Å²) >= 11 is 0. The molecule has 6 nitrogen and oxygen atoms in total. The zero-order chi connectivity index (χ0) is 19.8. The minimum Gasteiger partial charge on any atom is -0.489 e. The lowest BCUT2D eigenvalue weighted by atomic mass is 10.1. The Hall–Kier alpha value is -3.54. The Labute approximate surface area is 163 Å². The van der Waals surface area contributed by atoms with Crippen molar-refractivity contribution in [2.24, 2.45) is 0 Å². The van der Waals surface area contributed by atoms with Crippen LogP contribution in [-0.4, -0.2) is 30.4 Å². The molecule has 0 saturated carbocycles. The lowest BCUT2D eigenvalue weighted by Gasteiger charge is -2.15. The van der Waals surface area contributed by atoms with Crippen molar-refractivity contribution >= 4 is 11.9 Å². The van der Waals surface area contributed by atoms with E-state index in [0.29, 0.717) is 24.5 Å². The first-order valence-corrected chi connectivity index (χ1v) is 8.82. The second-order valence-corrected chi connectivity index (χ2v) is 6.20. The summed E-state index contributed by atoms with van der Waals surface area (Å²) in [7, 11) is 1.63. The van der Waals surface area contributed by atoms with Gasteiger partial charge in [0.25, 0.3) is 5.91 Å². The molecule has 0 aliphatic carbocycles. The van der Waals surface area contributed by atoms with E-state index in [1.54, 1.807) is 49.7 Å². The number of carbonyl (C=O) groups excluding carboxylic acids is 2. The van der Waals surface area contributed by atoms with Crippen LogP contribution >= 0.6 is 0 Å². The maximum Gasteiger partial charge on any atom is 0.338 e. The number of amides is 1. The van der Waals surface area contributed by atoms with Crippen LogP contribution in [0.4, 0.5) is 0 Å². The molecule has 1 aromatic heterocycles. The molecule has 6 heteroatoms. The molecule has 2 aromatic carbocycles. The number of ether oxygens (including phenoxy) is 2. The third-order valence-corrected chi connectivity index (χ3v) is 4.06. The van der Waals surface area contributed by atoms with Crippen LogP contribution in [0, 0.1) is 0 Å². The van der Waals surface area contributed by atoms with Crippen LogP contribution < -0.4 is 4.74 Å². The van der Waals surface area contributed by atoms with E-state index in [0.717, 1.165) is 11.3 Å². The van der Waals surface area contributed by atoms with E-state index in [9.17, 15) is 9.59 Å². The second-order valence-electron chi connectivity index (χ2n) is 6.20. The lowest BCUT2D eigenvalue weighted by Crippen LogP contribution is -2.30. The highest BCUT2D eigenvalue weighted by Gasteiger charge is 2.14. The van der Waals surface area contributed by atoms with Crippen molar-refractivity contribution in [3.63, 3.8) is 0 Å². The van der Waals surface area contributed by atoms with Gasteiger partial charge in [-0.25, -0.2) is 4.79 Å². The van der Waals surface area contributed by atoms with Crippen LogP contribution in [0.25, 0.3) is 0 Å². The highest BCUT2D eigenvalue weighted by atomic mass is 16.5. The average molecular weight is 379 g/mol. The van der Waals surface area contributed by atoms with Crippen molar-refractivity contribution < 1.29 is 23.5 Å². The van der Waals surface area contributed by atoms with Crippen LogP contribution in [0.5, 0.6) is 5.75 Å². The molecule has 0 spiro atoms. The van der Waals surface area contributed by atoms with Crippen molar-refractivity contribution in [1.29, 1.82) is 0 Å². The molecule has 0 fully saturated rings. The van der Waals surface area contributed by atoms with E-state index in [1.807, 2.05) is 30.3 Å². The topological polar surface area (TPSA) is 69.0 Å². The summed E-state index contributed by atoms with van der Waals surface area (Å²) < 4.78 is 16.0. The molecule has 0 unspecified atom stereocenters. The Kier molecular flexibility index (Phi) is 6.46. The van der Waals surface area contributed by atoms with E-state index in [1.165, 1.54) is 4.90 Å². The van der Waals surface area contributed by atoms with Gasteiger partial charge in [-0.1, -0.05) is 30.3 Å². The first-order valence-electron chi connectivity index (χ1n) is 8.82. The molecule has 0 bridgehead atoms. The van der Waals surface area contributed by atoms with Crippen molar-refractivity contribution in [1.82, 2.24) is 4.90 Å². The largest absolute Gasteiger partial charge is 0.489 e. The number of likely N-dealkylation sites (N-methyl/N-ethyl adjacent to an activating group) is 1. The van der Waals surface area contributed by atoms with Gasteiger partial charge in [0, 0.05) is 7.05 Å². The fourth-order valence-corrected chi connectivity index (χ4v) is 2.47. The predicted molar refractivity (Wildman–Crippen MR) is 103 cm³/mol. The highest BCUT2D eigenvalue weighted by Crippen LogP contribution is 2.13. The molecule has 3 aromatic rings. The molecular formula is C22H21NO5. The number of hydrogen-bond acceptors (Lipinski definition) is 5. The number of furan rings is 1. The Morgan fingerprint density at radius 2 is 1.71 bits per heavy atom. The third-order valence-electron chi connectivity index (χ3n) is 4.06. The van der Waals surface area contributed by atoms with Crippen LogP contribution in [0.3, 0.4) is 0 Å². The normalized spacial score (nSPS) is 10.3. The van der Waals surface area contributed by atoms with Crippen LogP contribution in [-0.2, 0) is 22.7 Å². The van der Waals surface area contributed by atoms with Gasteiger partial charge in [0.15, 0.2) is 6.61 Å². The molecule has 0 saturated heterocycles. The zero-order valence-electron chi connectivity index (χ0n) is 15.5. The molecule has 1 amide bonds. The Morgan fingerprint density at radius 1 is 0.964 bits per heavy atom. The van der Waals surface area contributed by atoms with E-state index in [4.69, 9.17) is 13.9 Å². The maximum absolute atomic E-state index is 12.1. The fraction of sp³-hybridized carbons (Fsp3) is 0.182. The van der Waals surface area contributed by atoms with Gasteiger partial charge < -0.3 is 18.8 Å². The third kappa shape index (κ3) is 5.48. The average Bonchev–Trinajstić information content (AvgIpc) is 3.24. The van der Waals surface area contributed by atoms with Gasteiger partial charge in [-0.15, -0.1) is 0 Å². The Balaban J connectivity index is 1.45. The van der Waals surface area contributed by atoms with Crippen molar-refractivity contribution in [3.8, 4) is 5.75 Å². The minimum atomic E-state index is -0.546. The van der Waals surface area contributed by atoms with Crippen molar-refractivity contribution in [3.05, 3.63) is 89.9 Å². The molecule has 1 heterocycles. The molecule has 0 aliphatic rings. The van der Waals surface area contributed by atoms with E-state index >= 15 is 0 Å². The number of esters is 1. The number of nitrogens with zero attached hydrogens (tertiary/aromatic N) is 1. The molecule has 0 aliphatic heterocycles. The lowest BCUT2D eigenvalue weighted by molar-refractivity contribution is -0.133. The monoisotopic (exact) mass is 379 g/mol. The molecule has 0 radical (unpaired) electrons. The van der Waals surface area contributed by atoms with E-state index < -0.39 is 5.97 Å². The summed E-state index contributed by atoms with van der Waals surface area (Å²) in [5, 5.41) is 0. The standard InChI is InChI=1S/C22H21NO5/c1-23(14-20-8-5-13-26-20)21(24)16-28-22(25)18-11-9-17(10-12-18)15-27-19-6-3-2-4-7-19/h2-13H,14-16H2,1H3. The molecule has 0 N–H and O–H groups in total. The van der Waals surface area contributed by atoms with Crippen LogP contribution in [0.15, 0.2) is 77.4 Å². The number of benzene rings is 2. The number of rotatable bonds is 8. The molecule has 28 heavy (non-hydrogen) atoms. The summed E-state index contributed by atoms with van der Waals surface area (Å²) in [6, 6.07) is 19.9. The van der Waals surface area contributed by atoms with Gasteiger partial charge in [0.05, 0.1) is 18.4 Å².